The second-order valence-electron chi connectivity index (χ2n) is 6.13. The molecule has 1 aromatic carbocycles. The fourth-order valence-corrected chi connectivity index (χ4v) is 3.01. The van der Waals surface area contributed by atoms with Crippen LogP contribution in [-0.4, -0.2) is 20.9 Å². The molecule has 1 N–H and O–H groups in total. The highest BCUT2D eigenvalue weighted by atomic mass is 16.7. The highest BCUT2D eigenvalue weighted by Gasteiger charge is 2.61. The van der Waals surface area contributed by atoms with Crippen molar-refractivity contribution in [2.45, 2.75) is 58.0 Å². The number of hydrogen-bond acceptors (Lipinski definition) is 5. The molecule has 0 spiro atoms. The third-order valence-electron chi connectivity index (χ3n) is 4.47. The quantitative estimate of drug-likeness (QED) is 0.207. The van der Waals surface area contributed by atoms with Crippen molar-refractivity contribution in [2.75, 3.05) is 0 Å². The lowest BCUT2D eigenvalue weighted by Gasteiger charge is -2.20. The first kappa shape index (κ1) is 21.3. The van der Waals surface area contributed by atoms with E-state index in [0.29, 0.717) is 6.42 Å². The summed E-state index contributed by atoms with van der Waals surface area (Å²) < 4.78 is 0. The number of hydrogen-bond donors (Lipinski definition) is 1. The Balaban J connectivity index is 3.40. The Bertz CT molecular complexity index is 670. The second kappa shape index (κ2) is 9.65. The van der Waals surface area contributed by atoms with Crippen LogP contribution in [0.5, 0.6) is 0 Å². The molecule has 0 fully saturated rings. The lowest BCUT2D eigenvalue weighted by Crippen LogP contribution is -2.45. The number of carboxylic acid groups (broad SMARTS) is 1. The number of nitrogens with zero attached hydrogens (tertiary/aromatic N) is 2. The monoisotopic (exact) mass is 364 g/mol. The van der Waals surface area contributed by atoms with Crippen LogP contribution in [0.1, 0.15) is 57.9 Å². The zero-order valence-electron chi connectivity index (χ0n) is 15.0. The number of nitro groups is 2. The Labute approximate surface area is 151 Å². The topological polar surface area (TPSA) is 124 Å². The molecule has 0 aliphatic heterocycles. The van der Waals surface area contributed by atoms with Crippen molar-refractivity contribution in [3.63, 3.8) is 0 Å². The largest absolute Gasteiger partial charge is 0.507 e. The Morgan fingerprint density at radius 3 is 2.04 bits per heavy atom. The summed E-state index contributed by atoms with van der Waals surface area (Å²) in [6, 6.07) is 7.04. The van der Waals surface area contributed by atoms with Gasteiger partial charge in [0.05, 0.1) is 11.1 Å². The Morgan fingerprint density at radius 1 is 1.04 bits per heavy atom. The molecule has 0 unspecified atom stereocenters. The van der Waals surface area contributed by atoms with E-state index in [4.69, 9.17) is 0 Å². The van der Waals surface area contributed by atoms with E-state index < -0.39 is 21.5 Å². The van der Waals surface area contributed by atoms with Crippen molar-refractivity contribution in [1.82, 2.24) is 0 Å². The minimum atomic E-state index is -2.81. The first-order valence-corrected chi connectivity index (χ1v) is 8.58. The molecule has 0 saturated carbocycles. The number of unbranched alkanes of at least 4 members (excludes halogenated alkanes) is 4. The molecule has 0 saturated heterocycles. The fourth-order valence-electron chi connectivity index (χ4n) is 3.01. The summed E-state index contributed by atoms with van der Waals surface area (Å²) in [5.41, 5.74) is -3.60. The average Bonchev–Trinajstić information content (AvgIpc) is 2.58. The lowest BCUT2D eigenvalue weighted by molar-refractivity contribution is -0.797. The number of benzene rings is 1. The van der Waals surface area contributed by atoms with Crippen molar-refractivity contribution in [2.24, 2.45) is 0 Å². The Kier molecular flexibility index (Phi) is 7.89. The lowest BCUT2D eigenvalue weighted by atomic mass is 9.87. The first-order valence-electron chi connectivity index (χ1n) is 8.58. The molecule has 0 atom stereocenters. The van der Waals surface area contributed by atoms with Crippen LogP contribution >= 0.6 is 0 Å². The molecule has 0 amide bonds. The molecule has 142 valence electrons. The number of rotatable bonds is 11. The molecule has 1 rings (SSSR count). The maximum atomic E-state index is 11.8. The first-order chi connectivity index (χ1) is 12.3. The molecule has 0 heterocycles. The summed E-state index contributed by atoms with van der Waals surface area (Å²) in [6.45, 7) is 3.23. The smallest absolute Gasteiger partial charge is 0.478 e. The van der Waals surface area contributed by atoms with Crippen LogP contribution in [0.15, 0.2) is 41.5 Å². The van der Waals surface area contributed by atoms with E-state index in [1.807, 2.05) is 0 Å². The maximum Gasteiger partial charge on any atom is 0.507 e. The van der Waals surface area contributed by atoms with Gasteiger partial charge in [0.25, 0.3) is 0 Å². The van der Waals surface area contributed by atoms with Crippen LogP contribution < -0.4 is 0 Å². The van der Waals surface area contributed by atoms with Crippen LogP contribution in [0.4, 0.5) is 0 Å². The molecule has 0 bridgehead atoms. The van der Waals surface area contributed by atoms with Gasteiger partial charge in [0.1, 0.15) is 15.4 Å². The molecular formula is C18H24N2O6. The Hall–Kier alpha value is -2.77. The molecule has 8 nitrogen and oxygen atoms in total. The summed E-state index contributed by atoms with van der Waals surface area (Å²) in [7, 11) is 0. The van der Waals surface area contributed by atoms with E-state index in [1.165, 1.54) is 31.2 Å². The predicted octanol–water partition coefficient (Wildman–Crippen LogP) is 4.15. The van der Waals surface area contributed by atoms with E-state index in [2.05, 4.69) is 6.92 Å². The van der Waals surface area contributed by atoms with Crippen molar-refractivity contribution < 1.29 is 19.7 Å². The zero-order valence-corrected chi connectivity index (χ0v) is 15.0. The highest BCUT2D eigenvalue weighted by molar-refractivity contribution is 5.87. The zero-order chi connectivity index (χ0) is 19.7. The molecule has 0 aromatic heterocycles. The van der Waals surface area contributed by atoms with Crippen molar-refractivity contribution in [3.8, 4) is 0 Å². The van der Waals surface area contributed by atoms with Crippen molar-refractivity contribution in [3.05, 3.63) is 67.3 Å². The predicted molar refractivity (Wildman–Crippen MR) is 95.8 cm³/mol. The van der Waals surface area contributed by atoms with Crippen LogP contribution in [0.25, 0.3) is 0 Å². The minimum Gasteiger partial charge on any atom is -0.478 e. The summed E-state index contributed by atoms with van der Waals surface area (Å²) in [4.78, 5) is 33.2. The van der Waals surface area contributed by atoms with Crippen LogP contribution in [-0.2, 0) is 10.5 Å². The minimum absolute atomic E-state index is 0.0567. The van der Waals surface area contributed by atoms with E-state index in [-0.39, 0.29) is 23.1 Å². The molecule has 0 aliphatic carbocycles. The molecule has 0 radical (unpaired) electrons. The van der Waals surface area contributed by atoms with E-state index in [9.17, 15) is 30.1 Å². The van der Waals surface area contributed by atoms with Gasteiger partial charge in [-0.3, -0.25) is 20.2 Å². The SMILES string of the molecule is CCCCCCC/C(C(=O)O)=C(/C)C(c1ccccc1)([N+](=O)[O-])[N+](=O)[O-]. The normalized spacial score (nSPS) is 12.4. The fraction of sp³-hybridized carbons (Fsp3) is 0.500. The summed E-state index contributed by atoms with van der Waals surface area (Å²) in [5.74, 6) is -1.36. The van der Waals surface area contributed by atoms with Crippen LogP contribution in [0.2, 0.25) is 0 Å². The molecule has 1 aromatic rings. The summed E-state index contributed by atoms with van der Waals surface area (Å²) >= 11 is 0. The number of carboxylic acids is 1. The summed E-state index contributed by atoms with van der Waals surface area (Å²) in [5, 5.41) is 33.1. The second-order valence-corrected chi connectivity index (χ2v) is 6.13. The van der Waals surface area contributed by atoms with Gasteiger partial charge in [-0.1, -0.05) is 50.8 Å². The molecule has 26 heavy (non-hydrogen) atoms. The van der Waals surface area contributed by atoms with Crippen molar-refractivity contribution in [1.29, 1.82) is 0 Å². The molecular weight excluding hydrogens is 340 g/mol. The third-order valence-corrected chi connectivity index (χ3v) is 4.47. The Morgan fingerprint density at radius 2 is 1.58 bits per heavy atom. The van der Waals surface area contributed by atoms with Gasteiger partial charge in [0.15, 0.2) is 0 Å². The van der Waals surface area contributed by atoms with E-state index in [1.54, 1.807) is 6.07 Å². The van der Waals surface area contributed by atoms with Gasteiger partial charge in [0.2, 0.25) is 0 Å². The number of aliphatic carboxylic acids is 1. The van der Waals surface area contributed by atoms with Gasteiger partial charge in [-0.2, -0.15) is 0 Å². The summed E-state index contributed by atoms with van der Waals surface area (Å²) in [6.07, 6.45) is 4.31. The van der Waals surface area contributed by atoms with Gasteiger partial charge < -0.3 is 5.11 Å². The van der Waals surface area contributed by atoms with Gasteiger partial charge in [0, 0.05) is 0 Å². The van der Waals surface area contributed by atoms with Gasteiger partial charge in [-0.05, 0) is 31.9 Å². The van der Waals surface area contributed by atoms with Gasteiger partial charge in [-0.15, -0.1) is 0 Å². The van der Waals surface area contributed by atoms with Crippen LogP contribution in [0.3, 0.4) is 0 Å². The molecule has 8 heteroatoms. The standard InChI is InChI=1S/C18H24N2O6/c1-3-4-5-6-10-13-16(17(21)22)14(2)18(19(23)24,20(25)26)15-11-8-7-9-12-15/h7-9,11-12H,3-6,10,13H2,1-2H3,(H,21,22)/b16-14+. The van der Waals surface area contributed by atoms with Crippen molar-refractivity contribution >= 4 is 5.97 Å². The highest BCUT2D eigenvalue weighted by Crippen LogP contribution is 2.36. The number of carbonyl (C=O) groups is 1. The molecule has 0 aliphatic rings. The van der Waals surface area contributed by atoms with Gasteiger partial charge in [-0.25, -0.2) is 4.79 Å². The van der Waals surface area contributed by atoms with E-state index in [0.717, 1.165) is 25.7 Å². The average molecular weight is 364 g/mol. The maximum absolute atomic E-state index is 11.8. The van der Waals surface area contributed by atoms with Gasteiger partial charge >= 0.3 is 11.6 Å². The van der Waals surface area contributed by atoms with Crippen LogP contribution in [0, 0.1) is 20.2 Å². The third kappa shape index (κ3) is 4.44. The van der Waals surface area contributed by atoms with E-state index >= 15 is 0 Å².